The van der Waals surface area contributed by atoms with Crippen LogP contribution in [0, 0.1) is 0 Å². The largest absolute Gasteiger partial charge is 0.475 e. The van der Waals surface area contributed by atoms with Gasteiger partial charge < -0.3 is 0 Å². The molecule has 0 spiro atoms. The summed E-state index contributed by atoms with van der Waals surface area (Å²) in [5.74, 6) is 0. The first-order valence-corrected chi connectivity index (χ1v) is 6.31. The van der Waals surface area contributed by atoms with E-state index in [1.807, 2.05) is 0 Å². The van der Waals surface area contributed by atoms with Gasteiger partial charge in [-0.25, -0.2) is 4.57 Å². The summed E-state index contributed by atoms with van der Waals surface area (Å²) < 4.78 is 95.4. The number of alkyl halides is 6. The van der Waals surface area contributed by atoms with Gasteiger partial charge in [-0.15, -0.1) is 0 Å². The fourth-order valence-electron chi connectivity index (χ4n) is 0.730. The van der Waals surface area contributed by atoms with Crippen molar-refractivity contribution >= 4 is 7.82 Å². The Morgan fingerprint density at radius 3 is 1.37 bits per heavy atom. The second-order valence-corrected chi connectivity index (χ2v) is 6.02. The molecule has 0 heterocycles. The molecule has 0 aliphatic rings. The first-order chi connectivity index (χ1) is 8.12. The standard InChI is InChI=1S/C8H13F6O4P/c1-6(2,3)18-19(15,16-4-7(9,10)11)17-5-8(12,13)14/h4-5H2,1-3H3. The lowest BCUT2D eigenvalue weighted by molar-refractivity contribution is -0.172. The molecule has 0 radical (unpaired) electrons. The molecule has 0 N–H and O–H groups in total. The molecule has 4 nitrogen and oxygen atoms in total. The predicted octanol–water partition coefficient (Wildman–Crippen LogP) is 4.07. The lowest BCUT2D eigenvalue weighted by Gasteiger charge is -2.26. The molecule has 0 aromatic rings. The Balaban J connectivity index is 4.78. The number of phosphoric acid groups is 1. The molecule has 0 amide bonds. The van der Waals surface area contributed by atoms with E-state index in [4.69, 9.17) is 0 Å². The first-order valence-electron chi connectivity index (χ1n) is 4.85. The smallest absolute Gasteiger partial charge is 0.281 e. The molecule has 11 heteroatoms. The van der Waals surface area contributed by atoms with Gasteiger partial charge in [0, 0.05) is 0 Å². The molecule has 19 heavy (non-hydrogen) atoms. The average Bonchev–Trinajstić information content (AvgIpc) is 2.07. The van der Waals surface area contributed by atoms with Crippen molar-refractivity contribution in [2.24, 2.45) is 0 Å². The van der Waals surface area contributed by atoms with Gasteiger partial charge >= 0.3 is 20.2 Å². The maximum Gasteiger partial charge on any atom is 0.475 e. The zero-order valence-corrected chi connectivity index (χ0v) is 11.2. The van der Waals surface area contributed by atoms with Crippen LogP contribution in [0.15, 0.2) is 0 Å². The van der Waals surface area contributed by atoms with Gasteiger partial charge in [-0.3, -0.25) is 13.6 Å². The van der Waals surface area contributed by atoms with Crippen LogP contribution in [0.3, 0.4) is 0 Å². The third kappa shape index (κ3) is 11.2. The normalized spacial score (nSPS) is 14.8. The Kier molecular flexibility index (Phi) is 5.89. The molecular weight excluding hydrogens is 305 g/mol. The summed E-state index contributed by atoms with van der Waals surface area (Å²) in [6, 6.07) is 0. The Morgan fingerprint density at radius 2 is 1.16 bits per heavy atom. The van der Waals surface area contributed by atoms with E-state index >= 15 is 0 Å². The molecule has 0 aliphatic carbocycles. The lowest BCUT2D eigenvalue weighted by atomic mass is 10.2. The van der Waals surface area contributed by atoms with Crippen LogP contribution < -0.4 is 0 Å². The third-order valence-corrected chi connectivity index (χ3v) is 2.82. The highest BCUT2D eigenvalue weighted by molar-refractivity contribution is 7.48. The van der Waals surface area contributed by atoms with Crippen molar-refractivity contribution in [2.45, 2.75) is 38.7 Å². The van der Waals surface area contributed by atoms with E-state index < -0.39 is 39.0 Å². The highest BCUT2D eigenvalue weighted by atomic mass is 31.2. The van der Waals surface area contributed by atoms with Crippen molar-refractivity contribution in [1.82, 2.24) is 0 Å². The molecule has 0 rings (SSSR count). The predicted molar refractivity (Wildman–Crippen MR) is 52.5 cm³/mol. The SMILES string of the molecule is CC(C)(C)OP(=O)(OCC(F)(F)F)OCC(F)(F)F. The zero-order valence-electron chi connectivity index (χ0n) is 10.3. The van der Waals surface area contributed by atoms with Crippen molar-refractivity contribution in [3.8, 4) is 0 Å². The molecule has 0 atom stereocenters. The monoisotopic (exact) mass is 318 g/mol. The number of halogens is 6. The summed E-state index contributed by atoms with van der Waals surface area (Å²) in [6.45, 7) is -0.273. The van der Waals surface area contributed by atoms with E-state index in [-0.39, 0.29) is 0 Å². The van der Waals surface area contributed by atoms with Crippen molar-refractivity contribution < 1.29 is 44.5 Å². The quantitative estimate of drug-likeness (QED) is 0.566. The van der Waals surface area contributed by atoms with Gasteiger partial charge in [0.05, 0.1) is 5.60 Å². The second-order valence-electron chi connectivity index (χ2n) is 4.43. The summed E-state index contributed by atoms with van der Waals surface area (Å²) >= 11 is 0. The minimum Gasteiger partial charge on any atom is -0.281 e. The van der Waals surface area contributed by atoms with Crippen LogP contribution >= 0.6 is 7.82 Å². The topological polar surface area (TPSA) is 44.8 Å². The molecule has 0 saturated carbocycles. The summed E-state index contributed by atoms with van der Waals surface area (Å²) in [6.07, 6.45) is -9.75. The average molecular weight is 318 g/mol. The minimum atomic E-state index is -4.97. The Hall–Kier alpha value is -0.310. The second kappa shape index (κ2) is 5.99. The van der Waals surface area contributed by atoms with Crippen LogP contribution in [-0.2, 0) is 18.1 Å². The van der Waals surface area contributed by atoms with Crippen LogP contribution in [0.5, 0.6) is 0 Å². The third-order valence-electron chi connectivity index (χ3n) is 1.16. The van der Waals surface area contributed by atoms with E-state index in [1.165, 1.54) is 20.8 Å². The van der Waals surface area contributed by atoms with Gasteiger partial charge in [0.25, 0.3) is 0 Å². The van der Waals surface area contributed by atoms with E-state index in [0.29, 0.717) is 0 Å². The molecule has 0 aliphatic heterocycles. The van der Waals surface area contributed by atoms with Crippen LogP contribution in [0.2, 0.25) is 0 Å². The van der Waals surface area contributed by atoms with Crippen LogP contribution in [0.1, 0.15) is 20.8 Å². The van der Waals surface area contributed by atoms with E-state index in [2.05, 4.69) is 13.6 Å². The maximum absolute atomic E-state index is 11.9. The minimum absolute atomic E-state index is 1.27. The van der Waals surface area contributed by atoms with Gasteiger partial charge in [-0.2, -0.15) is 26.3 Å². The lowest BCUT2D eigenvalue weighted by Crippen LogP contribution is -2.25. The van der Waals surface area contributed by atoms with Crippen LogP contribution in [0.25, 0.3) is 0 Å². The summed E-state index contributed by atoms with van der Waals surface area (Å²) in [4.78, 5) is 0. The first kappa shape index (κ1) is 18.7. The van der Waals surface area contributed by atoms with Crippen molar-refractivity contribution in [2.75, 3.05) is 13.2 Å². The molecular formula is C8H13F6O4P. The van der Waals surface area contributed by atoms with E-state index in [9.17, 15) is 30.9 Å². The van der Waals surface area contributed by atoms with Crippen molar-refractivity contribution in [3.63, 3.8) is 0 Å². The van der Waals surface area contributed by atoms with Gasteiger partial charge in [-0.1, -0.05) is 0 Å². The molecule has 0 bridgehead atoms. The van der Waals surface area contributed by atoms with Gasteiger partial charge in [0.2, 0.25) is 0 Å². The van der Waals surface area contributed by atoms with Gasteiger partial charge in [0.1, 0.15) is 0 Å². The van der Waals surface area contributed by atoms with E-state index in [1.54, 1.807) is 0 Å². The molecule has 0 aromatic heterocycles. The molecule has 116 valence electrons. The van der Waals surface area contributed by atoms with E-state index in [0.717, 1.165) is 0 Å². The summed E-state index contributed by atoms with van der Waals surface area (Å²) in [7, 11) is -4.97. The number of hydrogen-bond acceptors (Lipinski definition) is 4. The highest BCUT2D eigenvalue weighted by Gasteiger charge is 2.41. The Labute approximate surface area is 105 Å². The molecule has 0 saturated heterocycles. The number of rotatable bonds is 5. The highest BCUT2D eigenvalue weighted by Crippen LogP contribution is 2.54. The molecule has 0 aromatic carbocycles. The fourth-order valence-corrected chi connectivity index (χ4v) is 2.19. The molecule has 0 fully saturated rings. The summed E-state index contributed by atoms with van der Waals surface area (Å²) in [5.41, 5.74) is -1.31. The fraction of sp³-hybridized carbons (Fsp3) is 1.00. The maximum atomic E-state index is 11.9. The van der Waals surface area contributed by atoms with Gasteiger partial charge in [-0.05, 0) is 20.8 Å². The van der Waals surface area contributed by atoms with Crippen LogP contribution in [0.4, 0.5) is 26.3 Å². The summed E-state index contributed by atoms with van der Waals surface area (Å²) in [5, 5.41) is 0. The number of hydrogen-bond donors (Lipinski definition) is 0. The van der Waals surface area contributed by atoms with Gasteiger partial charge in [0.15, 0.2) is 13.2 Å². The van der Waals surface area contributed by atoms with Crippen molar-refractivity contribution in [3.05, 3.63) is 0 Å². The van der Waals surface area contributed by atoms with Crippen LogP contribution in [-0.4, -0.2) is 31.2 Å². The molecule has 0 unspecified atom stereocenters. The zero-order chi connectivity index (χ0) is 15.5. The number of phosphoric ester groups is 1. The van der Waals surface area contributed by atoms with Crippen molar-refractivity contribution in [1.29, 1.82) is 0 Å². The Morgan fingerprint density at radius 1 is 0.842 bits per heavy atom. The Bertz CT molecular complexity index is 310.